The fraction of sp³-hybridized carbons (Fsp3) is 0.500. The average Bonchev–Trinajstić information content (AvgIpc) is 2.96. The van der Waals surface area contributed by atoms with E-state index in [-0.39, 0.29) is 22.7 Å². The normalized spacial score (nSPS) is 17.8. The van der Waals surface area contributed by atoms with Gasteiger partial charge in [0, 0.05) is 19.0 Å². The summed E-state index contributed by atoms with van der Waals surface area (Å²) in [6.45, 7) is 6.17. The zero-order chi connectivity index (χ0) is 18.2. The Kier molecular flexibility index (Phi) is 4.64. The number of fused-ring (bicyclic) bond motifs is 1. The van der Waals surface area contributed by atoms with Crippen molar-refractivity contribution in [2.75, 3.05) is 13.1 Å². The molecule has 7 nitrogen and oxygen atoms in total. The fourth-order valence-electron chi connectivity index (χ4n) is 2.47. The molecule has 2 aromatic heterocycles. The van der Waals surface area contributed by atoms with Gasteiger partial charge in [-0.25, -0.2) is 24.1 Å². The highest BCUT2D eigenvalue weighted by atomic mass is 35.5. The molecule has 0 radical (unpaired) electrons. The lowest BCUT2D eigenvalue weighted by Gasteiger charge is -2.24. The van der Waals surface area contributed by atoms with E-state index >= 15 is 0 Å². The van der Waals surface area contributed by atoms with Crippen molar-refractivity contribution in [1.29, 1.82) is 0 Å². The highest BCUT2D eigenvalue weighted by Crippen LogP contribution is 2.26. The third-order valence-corrected chi connectivity index (χ3v) is 3.84. The number of pyridine rings is 1. The van der Waals surface area contributed by atoms with E-state index in [1.807, 2.05) is 0 Å². The van der Waals surface area contributed by atoms with E-state index in [2.05, 4.69) is 15.0 Å². The Bertz CT molecular complexity index is 812. The van der Waals surface area contributed by atoms with E-state index in [0.29, 0.717) is 25.0 Å². The number of halogens is 2. The summed E-state index contributed by atoms with van der Waals surface area (Å²) in [6, 6.07) is 1.20. The molecule has 0 bridgehead atoms. The number of nitrogens with zero attached hydrogens (tertiary/aromatic N) is 4. The number of amides is 1. The topological polar surface area (TPSA) is 77.4 Å². The Morgan fingerprint density at radius 2 is 2.16 bits per heavy atom. The van der Waals surface area contributed by atoms with Crippen LogP contribution in [0.5, 0.6) is 5.88 Å². The van der Waals surface area contributed by atoms with E-state index in [4.69, 9.17) is 21.1 Å². The van der Waals surface area contributed by atoms with Crippen molar-refractivity contribution in [2.24, 2.45) is 0 Å². The summed E-state index contributed by atoms with van der Waals surface area (Å²) in [4.78, 5) is 25.4. The lowest BCUT2D eigenvalue weighted by Crippen LogP contribution is -2.36. The molecule has 1 saturated heterocycles. The minimum Gasteiger partial charge on any atom is -0.470 e. The van der Waals surface area contributed by atoms with Gasteiger partial charge in [-0.15, -0.1) is 0 Å². The van der Waals surface area contributed by atoms with Crippen molar-refractivity contribution in [3.63, 3.8) is 0 Å². The van der Waals surface area contributed by atoms with Crippen LogP contribution in [0.15, 0.2) is 12.4 Å². The van der Waals surface area contributed by atoms with Gasteiger partial charge >= 0.3 is 6.09 Å². The molecule has 3 heterocycles. The predicted molar refractivity (Wildman–Crippen MR) is 89.1 cm³/mol. The van der Waals surface area contributed by atoms with E-state index in [1.165, 1.54) is 17.3 Å². The summed E-state index contributed by atoms with van der Waals surface area (Å²) in [5.41, 5.74) is -0.00656. The maximum absolute atomic E-state index is 14.2. The first-order chi connectivity index (χ1) is 11.7. The predicted octanol–water partition coefficient (Wildman–Crippen LogP) is 3.21. The second kappa shape index (κ2) is 6.59. The van der Waals surface area contributed by atoms with E-state index in [9.17, 15) is 9.18 Å². The number of carbonyl (C=O) groups excluding carboxylic acids is 1. The molecule has 0 unspecified atom stereocenters. The zero-order valence-corrected chi connectivity index (χ0v) is 14.9. The Balaban J connectivity index is 1.71. The molecule has 0 spiro atoms. The number of rotatable bonds is 2. The van der Waals surface area contributed by atoms with Crippen LogP contribution in [0, 0.1) is 5.82 Å². The monoisotopic (exact) mass is 368 g/mol. The van der Waals surface area contributed by atoms with Crippen LogP contribution in [-0.4, -0.2) is 50.7 Å². The number of ether oxygens (including phenoxy) is 2. The first-order valence-corrected chi connectivity index (χ1v) is 8.22. The van der Waals surface area contributed by atoms with Gasteiger partial charge in [0.1, 0.15) is 23.5 Å². The van der Waals surface area contributed by atoms with E-state index < -0.39 is 17.5 Å². The van der Waals surface area contributed by atoms with Gasteiger partial charge in [-0.1, -0.05) is 11.6 Å². The minimum atomic E-state index is -0.641. The fourth-order valence-corrected chi connectivity index (χ4v) is 2.66. The van der Waals surface area contributed by atoms with Crippen LogP contribution in [0.4, 0.5) is 9.18 Å². The zero-order valence-electron chi connectivity index (χ0n) is 14.1. The molecule has 3 rings (SSSR count). The van der Waals surface area contributed by atoms with Crippen molar-refractivity contribution in [2.45, 2.75) is 38.9 Å². The third-order valence-electron chi connectivity index (χ3n) is 3.56. The molecule has 1 amide bonds. The molecular weight excluding hydrogens is 351 g/mol. The smallest absolute Gasteiger partial charge is 0.410 e. The Labute approximate surface area is 149 Å². The number of carbonyl (C=O) groups is 1. The highest BCUT2D eigenvalue weighted by molar-refractivity contribution is 6.33. The summed E-state index contributed by atoms with van der Waals surface area (Å²) < 4.78 is 25.1. The van der Waals surface area contributed by atoms with Crippen molar-refractivity contribution < 1.29 is 18.7 Å². The quantitative estimate of drug-likeness (QED) is 0.757. The molecule has 1 fully saturated rings. The maximum atomic E-state index is 14.2. The van der Waals surface area contributed by atoms with Crippen LogP contribution < -0.4 is 4.74 Å². The van der Waals surface area contributed by atoms with Gasteiger partial charge in [-0.3, -0.25) is 0 Å². The summed E-state index contributed by atoms with van der Waals surface area (Å²) in [6.07, 6.45) is 0.997. The van der Waals surface area contributed by atoms with Crippen LogP contribution in [0.1, 0.15) is 27.2 Å². The van der Waals surface area contributed by atoms with Gasteiger partial charge in [0.2, 0.25) is 0 Å². The van der Waals surface area contributed by atoms with Crippen LogP contribution in [-0.2, 0) is 4.74 Å². The summed E-state index contributed by atoms with van der Waals surface area (Å²) in [5.74, 6) is -0.821. The molecular formula is C16H18ClFN4O3. The van der Waals surface area contributed by atoms with Crippen molar-refractivity contribution in [3.8, 4) is 5.88 Å². The second-order valence-electron chi connectivity index (χ2n) is 6.76. The van der Waals surface area contributed by atoms with Crippen LogP contribution in [0.3, 0.4) is 0 Å². The summed E-state index contributed by atoms with van der Waals surface area (Å²) in [7, 11) is 0. The minimum absolute atomic E-state index is 0.122. The molecule has 0 saturated carbocycles. The molecule has 1 atom stereocenters. The van der Waals surface area contributed by atoms with Gasteiger partial charge in [-0.05, 0) is 20.8 Å². The second-order valence-corrected chi connectivity index (χ2v) is 7.12. The Hall–Kier alpha value is -2.22. The standard InChI is InChI=1S/C16H18ClFN4O3/c1-16(2,3)25-15(23)22-5-4-9(7-22)24-14-10(18)6-11-12(21-14)13(17)20-8-19-11/h6,8-9H,4-5,7H2,1-3H3/t9-/m0/s1. The number of hydrogen-bond acceptors (Lipinski definition) is 6. The Morgan fingerprint density at radius 3 is 2.88 bits per heavy atom. The Morgan fingerprint density at radius 1 is 1.40 bits per heavy atom. The SMILES string of the molecule is CC(C)(C)OC(=O)N1CC[C@H](Oc2nc3c(Cl)ncnc3cc2F)C1. The van der Waals surface area contributed by atoms with Gasteiger partial charge in [0.05, 0.1) is 12.1 Å². The van der Waals surface area contributed by atoms with Crippen LogP contribution in [0.2, 0.25) is 5.15 Å². The molecule has 1 aliphatic rings. The van der Waals surface area contributed by atoms with Gasteiger partial charge in [0.25, 0.3) is 5.88 Å². The lowest BCUT2D eigenvalue weighted by molar-refractivity contribution is 0.0274. The molecule has 25 heavy (non-hydrogen) atoms. The van der Waals surface area contributed by atoms with Gasteiger partial charge < -0.3 is 14.4 Å². The molecule has 1 aliphatic heterocycles. The van der Waals surface area contributed by atoms with Gasteiger partial charge in [0.15, 0.2) is 11.0 Å². The van der Waals surface area contributed by atoms with Crippen molar-refractivity contribution in [1.82, 2.24) is 19.9 Å². The average molecular weight is 369 g/mol. The molecule has 2 aromatic rings. The van der Waals surface area contributed by atoms with Crippen molar-refractivity contribution in [3.05, 3.63) is 23.4 Å². The summed E-state index contributed by atoms with van der Waals surface area (Å²) >= 11 is 5.96. The molecule has 9 heteroatoms. The molecule has 0 aromatic carbocycles. The lowest BCUT2D eigenvalue weighted by atomic mass is 10.2. The molecule has 134 valence electrons. The van der Waals surface area contributed by atoms with Gasteiger partial charge in [-0.2, -0.15) is 0 Å². The number of aromatic nitrogens is 3. The molecule has 0 N–H and O–H groups in total. The highest BCUT2D eigenvalue weighted by Gasteiger charge is 2.31. The largest absolute Gasteiger partial charge is 0.470 e. The third kappa shape index (κ3) is 4.07. The van der Waals surface area contributed by atoms with E-state index in [0.717, 1.165) is 0 Å². The maximum Gasteiger partial charge on any atom is 0.410 e. The molecule has 0 aliphatic carbocycles. The summed E-state index contributed by atoms with van der Waals surface area (Å²) in [5, 5.41) is 0.122. The first-order valence-electron chi connectivity index (χ1n) is 7.84. The van der Waals surface area contributed by atoms with Crippen LogP contribution >= 0.6 is 11.6 Å². The van der Waals surface area contributed by atoms with E-state index in [1.54, 1.807) is 20.8 Å². The van der Waals surface area contributed by atoms with Crippen molar-refractivity contribution >= 4 is 28.7 Å². The van der Waals surface area contributed by atoms with Crippen LogP contribution in [0.25, 0.3) is 11.0 Å². The number of likely N-dealkylation sites (tertiary alicyclic amines) is 1. The number of hydrogen-bond donors (Lipinski definition) is 0. The first kappa shape index (κ1) is 17.6.